The SMILES string of the molecule is CCNCc1ccc(Br)cc1SCC(C)CO. The van der Waals surface area contributed by atoms with Crippen molar-refractivity contribution in [2.24, 2.45) is 5.92 Å². The topological polar surface area (TPSA) is 32.3 Å². The number of hydrogen-bond acceptors (Lipinski definition) is 3. The summed E-state index contributed by atoms with van der Waals surface area (Å²) in [6, 6.07) is 6.38. The average molecular weight is 318 g/mol. The number of thioether (sulfide) groups is 1. The Morgan fingerprint density at radius 1 is 1.47 bits per heavy atom. The molecule has 0 saturated heterocycles. The lowest BCUT2D eigenvalue weighted by atomic mass is 10.2. The van der Waals surface area contributed by atoms with Crippen molar-refractivity contribution in [3.8, 4) is 0 Å². The minimum Gasteiger partial charge on any atom is -0.396 e. The van der Waals surface area contributed by atoms with Crippen LogP contribution >= 0.6 is 27.7 Å². The molecule has 2 N–H and O–H groups in total. The zero-order valence-electron chi connectivity index (χ0n) is 10.4. The number of halogens is 1. The summed E-state index contributed by atoms with van der Waals surface area (Å²) < 4.78 is 1.11. The van der Waals surface area contributed by atoms with Crippen LogP contribution in [0.15, 0.2) is 27.6 Å². The molecule has 0 heterocycles. The lowest BCUT2D eigenvalue weighted by molar-refractivity contribution is 0.250. The molecule has 1 unspecified atom stereocenters. The molecule has 1 atom stereocenters. The summed E-state index contributed by atoms with van der Waals surface area (Å²) in [6.45, 7) is 6.31. The summed E-state index contributed by atoms with van der Waals surface area (Å²) in [4.78, 5) is 1.29. The van der Waals surface area contributed by atoms with E-state index in [0.29, 0.717) is 5.92 Å². The standard InChI is InChI=1S/C13H20BrNOS/c1-3-15-7-11-4-5-12(14)6-13(11)17-9-10(2)8-16/h4-6,10,15-16H,3,7-9H2,1-2H3. The molecule has 1 aromatic carbocycles. The number of nitrogens with one attached hydrogen (secondary N) is 1. The van der Waals surface area contributed by atoms with Gasteiger partial charge in [-0.25, -0.2) is 0 Å². The van der Waals surface area contributed by atoms with Crippen molar-refractivity contribution in [3.05, 3.63) is 28.2 Å². The number of rotatable bonds is 7. The highest BCUT2D eigenvalue weighted by atomic mass is 79.9. The van der Waals surface area contributed by atoms with E-state index in [-0.39, 0.29) is 6.61 Å². The lowest BCUT2D eigenvalue weighted by Crippen LogP contribution is -2.12. The molecular weight excluding hydrogens is 298 g/mol. The number of aliphatic hydroxyl groups is 1. The van der Waals surface area contributed by atoms with E-state index in [1.807, 2.05) is 11.8 Å². The van der Waals surface area contributed by atoms with Crippen LogP contribution in [0.4, 0.5) is 0 Å². The molecule has 4 heteroatoms. The Hall–Kier alpha value is -0.0300. The van der Waals surface area contributed by atoms with Gasteiger partial charge in [-0.3, -0.25) is 0 Å². The van der Waals surface area contributed by atoms with E-state index in [0.717, 1.165) is 23.3 Å². The number of benzene rings is 1. The molecule has 0 bridgehead atoms. The van der Waals surface area contributed by atoms with Gasteiger partial charge in [0.2, 0.25) is 0 Å². The van der Waals surface area contributed by atoms with Crippen LogP contribution in [0.5, 0.6) is 0 Å². The molecular formula is C13H20BrNOS. The third-order valence-electron chi connectivity index (χ3n) is 2.43. The smallest absolute Gasteiger partial charge is 0.0464 e. The normalized spacial score (nSPS) is 12.7. The van der Waals surface area contributed by atoms with Crippen molar-refractivity contribution < 1.29 is 5.11 Å². The zero-order valence-corrected chi connectivity index (χ0v) is 12.8. The predicted molar refractivity (Wildman–Crippen MR) is 78.5 cm³/mol. The van der Waals surface area contributed by atoms with Gasteiger partial charge in [-0.2, -0.15) is 0 Å². The van der Waals surface area contributed by atoms with Crippen LogP contribution in [0.1, 0.15) is 19.4 Å². The van der Waals surface area contributed by atoms with Crippen molar-refractivity contribution in [1.82, 2.24) is 5.32 Å². The molecule has 2 nitrogen and oxygen atoms in total. The fraction of sp³-hybridized carbons (Fsp3) is 0.538. The van der Waals surface area contributed by atoms with Gasteiger partial charge in [0, 0.05) is 28.3 Å². The second-order valence-corrected chi connectivity index (χ2v) is 6.11. The average Bonchev–Trinajstić information content (AvgIpc) is 2.34. The summed E-state index contributed by atoms with van der Waals surface area (Å²) in [5.41, 5.74) is 1.32. The summed E-state index contributed by atoms with van der Waals surface area (Å²) in [5.74, 6) is 1.29. The Kier molecular flexibility index (Phi) is 7.19. The first-order valence-corrected chi connectivity index (χ1v) is 7.68. The molecule has 0 amide bonds. The van der Waals surface area contributed by atoms with Crippen LogP contribution in [-0.4, -0.2) is 24.0 Å². The Balaban J connectivity index is 2.69. The van der Waals surface area contributed by atoms with E-state index in [9.17, 15) is 0 Å². The van der Waals surface area contributed by atoms with Crippen molar-refractivity contribution in [2.75, 3.05) is 18.9 Å². The van der Waals surface area contributed by atoms with Crippen molar-refractivity contribution >= 4 is 27.7 Å². The van der Waals surface area contributed by atoms with Crippen LogP contribution < -0.4 is 5.32 Å². The molecule has 0 spiro atoms. The first-order chi connectivity index (χ1) is 8.17. The van der Waals surface area contributed by atoms with Crippen LogP contribution in [0.25, 0.3) is 0 Å². The highest BCUT2D eigenvalue weighted by Crippen LogP contribution is 2.28. The van der Waals surface area contributed by atoms with Gasteiger partial charge < -0.3 is 10.4 Å². The van der Waals surface area contributed by atoms with Crippen molar-refractivity contribution in [3.63, 3.8) is 0 Å². The van der Waals surface area contributed by atoms with Gasteiger partial charge in [-0.05, 0) is 30.2 Å². The largest absolute Gasteiger partial charge is 0.396 e. The maximum atomic E-state index is 9.04. The highest BCUT2D eigenvalue weighted by molar-refractivity contribution is 9.10. The highest BCUT2D eigenvalue weighted by Gasteiger charge is 2.06. The van der Waals surface area contributed by atoms with Gasteiger partial charge in [0.05, 0.1) is 0 Å². The van der Waals surface area contributed by atoms with Crippen LogP contribution in [0.2, 0.25) is 0 Å². The first kappa shape index (κ1) is 15.0. The molecule has 0 fully saturated rings. The van der Waals surface area contributed by atoms with E-state index in [1.165, 1.54) is 10.5 Å². The maximum absolute atomic E-state index is 9.04. The summed E-state index contributed by atoms with van der Waals surface area (Å²) in [5, 5.41) is 12.4. The van der Waals surface area contributed by atoms with E-state index in [1.54, 1.807) is 0 Å². The quantitative estimate of drug-likeness (QED) is 0.757. The van der Waals surface area contributed by atoms with Crippen LogP contribution in [0, 0.1) is 5.92 Å². The van der Waals surface area contributed by atoms with Gasteiger partial charge in [0.1, 0.15) is 0 Å². The minimum atomic E-state index is 0.254. The van der Waals surface area contributed by atoms with Gasteiger partial charge in [-0.15, -0.1) is 11.8 Å². The van der Waals surface area contributed by atoms with Gasteiger partial charge in [0.15, 0.2) is 0 Å². The lowest BCUT2D eigenvalue weighted by Gasteiger charge is -2.12. The van der Waals surface area contributed by atoms with E-state index >= 15 is 0 Å². The van der Waals surface area contributed by atoms with Crippen molar-refractivity contribution in [2.45, 2.75) is 25.3 Å². The molecule has 0 aromatic heterocycles. The van der Waals surface area contributed by atoms with Gasteiger partial charge in [-0.1, -0.05) is 35.8 Å². The molecule has 0 aliphatic carbocycles. The number of aliphatic hydroxyl groups excluding tert-OH is 1. The number of hydrogen-bond donors (Lipinski definition) is 2. The predicted octanol–water partition coefficient (Wildman–Crippen LogP) is 3.28. The minimum absolute atomic E-state index is 0.254. The fourth-order valence-electron chi connectivity index (χ4n) is 1.35. The molecule has 0 radical (unpaired) electrons. The molecule has 96 valence electrons. The molecule has 1 rings (SSSR count). The van der Waals surface area contributed by atoms with Crippen LogP contribution in [0.3, 0.4) is 0 Å². The van der Waals surface area contributed by atoms with Crippen LogP contribution in [-0.2, 0) is 6.54 Å². The second-order valence-electron chi connectivity index (χ2n) is 4.13. The summed E-state index contributed by atoms with van der Waals surface area (Å²) in [7, 11) is 0. The summed E-state index contributed by atoms with van der Waals surface area (Å²) in [6.07, 6.45) is 0. The Bertz CT molecular complexity index is 346. The third-order valence-corrected chi connectivity index (χ3v) is 4.35. The third kappa shape index (κ3) is 5.42. The second kappa shape index (κ2) is 8.14. The zero-order chi connectivity index (χ0) is 12.7. The van der Waals surface area contributed by atoms with E-state index in [4.69, 9.17) is 5.11 Å². The Morgan fingerprint density at radius 2 is 2.24 bits per heavy atom. The maximum Gasteiger partial charge on any atom is 0.0464 e. The first-order valence-electron chi connectivity index (χ1n) is 5.90. The molecule has 0 saturated carbocycles. The molecule has 0 aliphatic rings. The molecule has 0 aliphatic heterocycles. The summed E-state index contributed by atoms with van der Waals surface area (Å²) >= 11 is 5.32. The van der Waals surface area contributed by atoms with Gasteiger partial charge in [0.25, 0.3) is 0 Å². The molecule has 1 aromatic rings. The fourth-order valence-corrected chi connectivity index (χ4v) is 2.97. The monoisotopic (exact) mass is 317 g/mol. The van der Waals surface area contributed by atoms with Gasteiger partial charge >= 0.3 is 0 Å². The van der Waals surface area contributed by atoms with E-state index in [2.05, 4.69) is 53.3 Å². The van der Waals surface area contributed by atoms with E-state index < -0.39 is 0 Å². The Labute approximate surface area is 116 Å². The molecule has 17 heavy (non-hydrogen) atoms. The Morgan fingerprint density at radius 3 is 2.88 bits per heavy atom. The van der Waals surface area contributed by atoms with Crippen molar-refractivity contribution in [1.29, 1.82) is 0 Å².